The van der Waals surface area contributed by atoms with Gasteiger partial charge in [0.1, 0.15) is 11.2 Å². The van der Waals surface area contributed by atoms with E-state index in [1.807, 2.05) is 6.07 Å². The minimum absolute atomic E-state index is 0.0860. The van der Waals surface area contributed by atoms with Gasteiger partial charge in [-0.3, -0.25) is 4.79 Å². The Morgan fingerprint density at radius 2 is 1.78 bits per heavy atom. The molecule has 148 valence electrons. The molecule has 0 radical (unpaired) electrons. The molecular weight excluding hydrogens is 350 g/mol. The summed E-state index contributed by atoms with van der Waals surface area (Å²) in [6, 6.07) is 2.05. The normalized spacial score (nSPS) is 13.0. The molecule has 1 aromatic rings. The van der Waals surface area contributed by atoms with Crippen molar-refractivity contribution in [2.24, 2.45) is 5.92 Å². The van der Waals surface area contributed by atoms with Crippen LogP contribution in [0.1, 0.15) is 66.7 Å². The Morgan fingerprint density at radius 1 is 1.19 bits per heavy atom. The summed E-state index contributed by atoms with van der Waals surface area (Å²) in [5, 5.41) is 11.8. The molecule has 0 saturated heterocycles. The summed E-state index contributed by atoms with van der Waals surface area (Å²) in [6.07, 6.45) is -0.291. The van der Waals surface area contributed by atoms with Crippen LogP contribution < -0.4 is 5.32 Å². The zero-order valence-corrected chi connectivity index (χ0v) is 16.9. The van der Waals surface area contributed by atoms with Crippen molar-refractivity contribution in [3.8, 4) is 6.07 Å². The molecule has 1 rings (SSSR count). The molecule has 0 saturated carbocycles. The predicted molar refractivity (Wildman–Crippen MR) is 98.1 cm³/mol. The van der Waals surface area contributed by atoms with E-state index in [1.54, 1.807) is 48.5 Å². The van der Waals surface area contributed by atoms with Gasteiger partial charge >= 0.3 is 11.9 Å². The van der Waals surface area contributed by atoms with Crippen LogP contribution in [0.5, 0.6) is 0 Å². The second-order valence-electron chi connectivity index (χ2n) is 7.17. The van der Waals surface area contributed by atoms with Crippen LogP contribution in [0, 0.1) is 31.1 Å². The maximum Gasteiger partial charge on any atom is 0.355 e. The van der Waals surface area contributed by atoms with Gasteiger partial charge in [-0.2, -0.15) is 5.26 Å². The third-order valence-electron chi connectivity index (χ3n) is 4.31. The van der Waals surface area contributed by atoms with Gasteiger partial charge in [-0.05, 0) is 46.1 Å². The number of ether oxygens (including phenoxy) is 2. The Kier molecular flexibility index (Phi) is 7.17. The zero-order chi connectivity index (χ0) is 20.9. The first-order valence-corrected chi connectivity index (χ1v) is 8.72. The Bertz CT molecular complexity index is 773. The van der Waals surface area contributed by atoms with Crippen LogP contribution in [0.25, 0.3) is 0 Å². The number of hydrogen-bond donors (Lipinski definition) is 2. The first kappa shape index (κ1) is 22.2. The maximum absolute atomic E-state index is 12.3. The summed E-state index contributed by atoms with van der Waals surface area (Å²) >= 11 is 0. The number of nitriles is 1. The van der Waals surface area contributed by atoms with Crippen LogP contribution in [0.2, 0.25) is 0 Å². The third-order valence-corrected chi connectivity index (χ3v) is 4.31. The summed E-state index contributed by atoms with van der Waals surface area (Å²) < 4.78 is 10.2. The number of carbonyl (C=O) groups is 3. The van der Waals surface area contributed by atoms with Crippen molar-refractivity contribution in [1.29, 1.82) is 5.26 Å². The highest BCUT2D eigenvalue weighted by molar-refractivity contribution is 5.99. The van der Waals surface area contributed by atoms with Gasteiger partial charge in [0, 0.05) is 5.69 Å². The first-order valence-electron chi connectivity index (χ1n) is 8.72. The number of hydrogen-bond acceptors (Lipinski definition) is 6. The van der Waals surface area contributed by atoms with Gasteiger partial charge in [-0.15, -0.1) is 0 Å². The van der Waals surface area contributed by atoms with Crippen LogP contribution in [-0.4, -0.2) is 41.1 Å². The van der Waals surface area contributed by atoms with E-state index in [0.29, 0.717) is 11.3 Å². The molecule has 1 atom stereocenters. The maximum atomic E-state index is 12.3. The molecule has 1 heterocycles. The molecule has 0 unspecified atom stereocenters. The standard InChI is InChI=1S/C19H27N3O5/c1-10(2)19(7,9-20)22-14(23)8-26-18(25)16-12(5)15(13(6)21-16)17(24)27-11(3)4/h10-11,21H,8H2,1-7H3,(H,22,23)/t19-/m0/s1. The van der Waals surface area contributed by atoms with Crippen molar-refractivity contribution in [2.45, 2.75) is 60.1 Å². The van der Waals surface area contributed by atoms with Crippen LogP contribution >= 0.6 is 0 Å². The van der Waals surface area contributed by atoms with E-state index >= 15 is 0 Å². The molecule has 0 aliphatic carbocycles. The molecular formula is C19H27N3O5. The number of aromatic nitrogens is 1. The SMILES string of the molecule is Cc1[nH]c(C(=O)OCC(=O)N[C@@](C)(C#N)C(C)C)c(C)c1C(=O)OC(C)C. The van der Waals surface area contributed by atoms with Gasteiger partial charge < -0.3 is 19.8 Å². The van der Waals surface area contributed by atoms with Crippen LogP contribution in [0.3, 0.4) is 0 Å². The minimum atomic E-state index is -1.06. The first-order chi connectivity index (χ1) is 12.4. The summed E-state index contributed by atoms with van der Waals surface area (Å²) in [5.41, 5.74) is 0.176. The number of nitrogens with one attached hydrogen (secondary N) is 2. The average Bonchev–Trinajstić information content (AvgIpc) is 2.86. The lowest BCUT2D eigenvalue weighted by Gasteiger charge is -2.27. The number of aromatic amines is 1. The lowest BCUT2D eigenvalue weighted by atomic mass is 9.90. The van der Waals surface area contributed by atoms with Crippen molar-refractivity contribution in [3.63, 3.8) is 0 Å². The van der Waals surface area contributed by atoms with Gasteiger partial charge in [-0.1, -0.05) is 13.8 Å². The van der Waals surface area contributed by atoms with Crippen molar-refractivity contribution in [2.75, 3.05) is 6.61 Å². The van der Waals surface area contributed by atoms with Crippen LogP contribution in [0.4, 0.5) is 0 Å². The lowest BCUT2D eigenvalue weighted by Crippen LogP contribution is -2.50. The van der Waals surface area contributed by atoms with E-state index in [4.69, 9.17) is 9.47 Å². The fourth-order valence-electron chi connectivity index (χ4n) is 2.36. The predicted octanol–water partition coefficient (Wildman–Crippen LogP) is 2.41. The van der Waals surface area contributed by atoms with E-state index < -0.39 is 30.0 Å². The fourth-order valence-corrected chi connectivity index (χ4v) is 2.36. The Balaban J connectivity index is 2.83. The molecule has 0 aromatic carbocycles. The summed E-state index contributed by atoms with van der Waals surface area (Å²) in [6.45, 7) is 11.4. The molecule has 27 heavy (non-hydrogen) atoms. The molecule has 8 nitrogen and oxygen atoms in total. The highest BCUT2D eigenvalue weighted by Gasteiger charge is 2.31. The number of nitrogens with zero attached hydrogens (tertiary/aromatic N) is 1. The summed E-state index contributed by atoms with van der Waals surface area (Å²) in [4.78, 5) is 39.3. The molecule has 0 aliphatic heterocycles. The van der Waals surface area contributed by atoms with E-state index in [0.717, 1.165) is 0 Å². The molecule has 0 aliphatic rings. The number of H-pyrrole nitrogens is 1. The highest BCUT2D eigenvalue weighted by Crippen LogP contribution is 2.20. The van der Waals surface area contributed by atoms with Crippen molar-refractivity contribution in [1.82, 2.24) is 10.3 Å². The number of esters is 2. The number of rotatable bonds is 7. The minimum Gasteiger partial charge on any atom is -0.459 e. The lowest BCUT2D eigenvalue weighted by molar-refractivity contribution is -0.125. The number of amides is 1. The Hall–Kier alpha value is -2.82. The largest absolute Gasteiger partial charge is 0.459 e. The molecule has 0 bridgehead atoms. The topological polar surface area (TPSA) is 121 Å². The van der Waals surface area contributed by atoms with E-state index in [9.17, 15) is 19.6 Å². The summed E-state index contributed by atoms with van der Waals surface area (Å²) in [7, 11) is 0. The average molecular weight is 377 g/mol. The second kappa shape index (κ2) is 8.71. The summed E-state index contributed by atoms with van der Waals surface area (Å²) in [5.74, 6) is -2.00. The Morgan fingerprint density at radius 3 is 2.26 bits per heavy atom. The van der Waals surface area contributed by atoms with Gasteiger partial charge in [0.25, 0.3) is 5.91 Å². The van der Waals surface area contributed by atoms with E-state index in [2.05, 4.69) is 10.3 Å². The number of aryl methyl sites for hydroxylation is 1. The zero-order valence-electron chi connectivity index (χ0n) is 16.9. The smallest absolute Gasteiger partial charge is 0.355 e. The van der Waals surface area contributed by atoms with Crippen LogP contribution in [0.15, 0.2) is 0 Å². The highest BCUT2D eigenvalue weighted by atomic mass is 16.5. The van der Waals surface area contributed by atoms with Gasteiger partial charge in [-0.25, -0.2) is 9.59 Å². The van der Waals surface area contributed by atoms with E-state index in [1.165, 1.54) is 0 Å². The quantitative estimate of drug-likeness (QED) is 0.704. The molecule has 2 N–H and O–H groups in total. The van der Waals surface area contributed by atoms with Crippen molar-refractivity contribution >= 4 is 17.8 Å². The number of carbonyl (C=O) groups excluding carboxylic acids is 3. The monoisotopic (exact) mass is 377 g/mol. The molecule has 0 fully saturated rings. The van der Waals surface area contributed by atoms with Gasteiger partial charge in [0.05, 0.1) is 17.7 Å². The molecule has 1 aromatic heterocycles. The third kappa shape index (κ3) is 5.33. The molecule has 0 spiro atoms. The van der Waals surface area contributed by atoms with Crippen LogP contribution in [-0.2, 0) is 14.3 Å². The van der Waals surface area contributed by atoms with Gasteiger partial charge in [0.2, 0.25) is 0 Å². The van der Waals surface area contributed by atoms with Crippen molar-refractivity contribution in [3.05, 3.63) is 22.5 Å². The second-order valence-corrected chi connectivity index (χ2v) is 7.17. The molecule has 8 heteroatoms. The molecule has 1 amide bonds. The fraction of sp³-hybridized carbons (Fsp3) is 0.579. The Labute approximate surface area is 159 Å². The van der Waals surface area contributed by atoms with E-state index in [-0.39, 0.29) is 23.3 Å². The van der Waals surface area contributed by atoms with Gasteiger partial charge in [0.15, 0.2) is 6.61 Å². The van der Waals surface area contributed by atoms with Crippen molar-refractivity contribution < 1.29 is 23.9 Å².